The van der Waals surface area contributed by atoms with Crippen LogP contribution in [0.5, 0.6) is 0 Å². The zero-order valence-corrected chi connectivity index (χ0v) is 14.3. The number of rotatable bonds is 4. The zero-order chi connectivity index (χ0) is 18.7. The van der Waals surface area contributed by atoms with E-state index in [0.29, 0.717) is 5.82 Å². The molecule has 0 saturated carbocycles. The van der Waals surface area contributed by atoms with Gasteiger partial charge in [0.15, 0.2) is 0 Å². The van der Waals surface area contributed by atoms with Crippen molar-refractivity contribution >= 4 is 5.91 Å². The minimum Gasteiger partial charge on any atom is -0.345 e. The van der Waals surface area contributed by atoms with E-state index in [1.165, 1.54) is 24.4 Å². The molecule has 2 heterocycles. The second-order valence-electron chi connectivity index (χ2n) is 5.83. The molecule has 0 radical (unpaired) electrons. The number of nitrogens with zero attached hydrogens (tertiary/aromatic N) is 3. The molecule has 0 unspecified atom stereocenters. The Labute approximate surface area is 149 Å². The second kappa shape index (κ2) is 7.35. The summed E-state index contributed by atoms with van der Waals surface area (Å²) < 4.78 is 27.8. The fraction of sp³-hybridized carbons (Fsp3) is 0.158. The van der Waals surface area contributed by atoms with Crippen LogP contribution in [0.15, 0.2) is 42.7 Å². The van der Waals surface area contributed by atoms with E-state index in [1.54, 1.807) is 0 Å². The summed E-state index contributed by atoms with van der Waals surface area (Å²) in [4.78, 5) is 24.5. The van der Waals surface area contributed by atoms with E-state index < -0.39 is 17.5 Å². The molecular formula is C19H16F2N4O. The summed E-state index contributed by atoms with van der Waals surface area (Å²) in [5.74, 6) is -1.25. The quantitative estimate of drug-likeness (QED) is 0.780. The Morgan fingerprint density at radius 2 is 1.81 bits per heavy atom. The van der Waals surface area contributed by atoms with Gasteiger partial charge in [0.25, 0.3) is 5.91 Å². The van der Waals surface area contributed by atoms with Crippen LogP contribution in [0.1, 0.15) is 27.6 Å². The number of hydrogen-bond donors (Lipinski definition) is 1. The lowest BCUT2D eigenvalue weighted by Gasteiger charge is -2.09. The molecule has 0 aliphatic heterocycles. The largest absolute Gasteiger partial charge is 0.345 e. The molecule has 2 aromatic heterocycles. The van der Waals surface area contributed by atoms with Crippen molar-refractivity contribution in [1.29, 1.82) is 0 Å². The van der Waals surface area contributed by atoms with Gasteiger partial charge in [0.2, 0.25) is 0 Å². The highest BCUT2D eigenvalue weighted by molar-refractivity contribution is 5.95. The topological polar surface area (TPSA) is 67.8 Å². The van der Waals surface area contributed by atoms with Crippen LogP contribution in [-0.2, 0) is 6.54 Å². The minimum atomic E-state index is -0.633. The first-order valence-corrected chi connectivity index (χ1v) is 7.92. The van der Waals surface area contributed by atoms with Gasteiger partial charge < -0.3 is 5.32 Å². The Morgan fingerprint density at radius 3 is 2.50 bits per heavy atom. The Balaban J connectivity index is 1.82. The van der Waals surface area contributed by atoms with Gasteiger partial charge in [0.1, 0.15) is 17.5 Å². The number of pyridine rings is 1. The lowest BCUT2D eigenvalue weighted by atomic mass is 10.0. The van der Waals surface area contributed by atoms with E-state index in [4.69, 9.17) is 0 Å². The van der Waals surface area contributed by atoms with Crippen LogP contribution in [0.25, 0.3) is 11.1 Å². The average molecular weight is 354 g/mol. The molecule has 1 amide bonds. The summed E-state index contributed by atoms with van der Waals surface area (Å²) in [6.07, 6.45) is 2.44. The van der Waals surface area contributed by atoms with E-state index in [0.717, 1.165) is 23.7 Å². The molecule has 7 heteroatoms. The van der Waals surface area contributed by atoms with Gasteiger partial charge in [-0.1, -0.05) is 0 Å². The molecule has 0 spiro atoms. The number of nitrogens with one attached hydrogen (secondary N) is 1. The molecule has 0 aliphatic carbocycles. The van der Waals surface area contributed by atoms with Crippen molar-refractivity contribution in [2.45, 2.75) is 20.4 Å². The maximum Gasteiger partial charge on any atom is 0.251 e. The standard InChI is InChI=1S/C19H16F2N4O/c1-11-5-12(2)25-18(24-11)10-23-19(26)14-6-13(7-15(20)8-14)16-3-4-22-9-17(16)21/h3-9H,10H2,1-2H3,(H,23,26). The Morgan fingerprint density at radius 1 is 1.08 bits per heavy atom. The van der Waals surface area contributed by atoms with E-state index >= 15 is 0 Å². The summed E-state index contributed by atoms with van der Waals surface area (Å²) in [5, 5.41) is 2.65. The number of halogens is 2. The van der Waals surface area contributed by atoms with Crippen LogP contribution in [0.4, 0.5) is 8.78 Å². The SMILES string of the molecule is Cc1cc(C)nc(CNC(=O)c2cc(F)cc(-c3ccncc3F)c2)n1. The Bertz CT molecular complexity index is 955. The predicted octanol–water partition coefficient (Wildman–Crippen LogP) is 3.36. The molecule has 3 rings (SSSR count). The fourth-order valence-corrected chi connectivity index (χ4v) is 2.62. The van der Waals surface area contributed by atoms with Crippen molar-refractivity contribution in [3.05, 3.63) is 77.1 Å². The fourth-order valence-electron chi connectivity index (χ4n) is 2.62. The van der Waals surface area contributed by atoms with Gasteiger partial charge >= 0.3 is 0 Å². The molecule has 0 saturated heterocycles. The van der Waals surface area contributed by atoms with Crippen LogP contribution < -0.4 is 5.32 Å². The van der Waals surface area contributed by atoms with Gasteiger partial charge in [-0.15, -0.1) is 0 Å². The van der Waals surface area contributed by atoms with Crippen LogP contribution in [0.2, 0.25) is 0 Å². The van der Waals surface area contributed by atoms with E-state index in [9.17, 15) is 13.6 Å². The van der Waals surface area contributed by atoms with Gasteiger partial charge in [-0.2, -0.15) is 0 Å². The van der Waals surface area contributed by atoms with Crippen molar-refractivity contribution in [2.24, 2.45) is 0 Å². The van der Waals surface area contributed by atoms with Crippen LogP contribution in [0.3, 0.4) is 0 Å². The molecule has 0 atom stereocenters. The highest BCUT2D eigenvalue weighted by Crippen LogP contribution is 2.24. The molecule has 5 nitrogen and oxygen atoms in total. The van der Waals surface area contributed by atoms with Gasteiger partial charge in [-0.3, -0.25) is 9.78 Å². The monoisotopic (exact) mass is 354 g/mol. The number of amides is 1. The summed E-state index contributed by atoms with van der Waals surface area (Å²) in [5.41, 5.74) is 2.11. The molecule has 26 heavy (non-hydrogen) atoms. The summed E-state index contributed by atoms with van der Waals surface area (Å²) >= 11 is 0. The number of hydrogen-bond acceptors (Lipinski definition) is 4. The first-order chi connectivity index (χ1) is 12.4. The van der Waals surface area contributed by atoms with Crippen LogP contribution in [-0.4, -0.2) is 20.9 Å². The molecule has 1 aromatic carbocycles. The third-order valence-electron chi connectivity index (χ3n) is 3.68. The maximum absolute atomic E-state index is 13.9. The van der Waals surface area contributed by atoms with E-state index in [2.05, 4.69) is 20.3 Å². The third kappa shape index (κ3) is 4.05. The lowest BCUT2D eigenvalue weighted by Crippen LogP contribution is -2.24. The molecule has 132 valence electrons. The van der Waals surface area contributed by atoms with Crippen LogP contribution >= 0.6 is 0 Å². The molecule has 3 aromatic rings. The van der Waals surface area contributed by atoms with Crippen molar-refractivity contribution in [3.63, 3.8) is 0 Å². The molecular weight excluding hydrogens is 338 g/mol. The minimum absolute atomic E-state index is 0.0839. The zero-order valence-electron chi connectivity index (χ0n) is 14.3. The third-order valence-corrected chi connectivity index (χ3v) is 3.68. The lowest BCUT2D eigenvalue weighted by molar-refractivity contribution is 0.0949. The van der Waals surface area contributed by atoms with Gasteiger partial charge in [0, 0.05) is 28.7 Å². The highest BCUT2D eigenvalue weighted by Gasteiger charge is 2.13. The number of benzene rings is 1. The number of aryl methyl sites for hydroxylation is 2. The second-order valence-corrected chi connectivity index (χ2v) is 5.83. The number of carbonyl (C=O) groups excluding carboxylic acids is 1. The van der Waals surface area contributed by atoms with Crippen molar-refractivity contribution in [2.75, 3.05) is 0 Å². The van der Waals surface area contributed by atoms with E-state index in [-0.39, 0.29) is 23.2 Å². The van der Waals surface area contributed by atoms with Crippen molar-refractivity contribution < 1.29 is 13.6 Å². The summed E-state index contributed by atoms with van der Waals surface area (Å²) in [6.45, 7) is 3.78. The van der Waals surface area contributed by atoms with Gasteiger partial charge in [-0.05, 0) is 49.7 Å². The highest BCUT2D eigenvalue weighted by atomic mass is 19.1. The van der Waals surface area contributed by atoms with Crippen molar-refractivity contribution in [1.82, 2.24) is 20.3 Å². The predicted molar refractivity (Wildman–Crippen MR) is 92.3 cm³/mol. The normalized spacial score (nSPS) is 10.6. The average Bonchev–Trinajstić information content (AvgIpc) is 2.58. The van der Waals surface area contributed by atoms with E-state index in [1.807, 2.05) is 19.9 Å². The molecule has 0 fully saturated rings. The molecule has 0 aliphatic rings. The number of aromatic nitrogens is 3. The smallest absolute Gasteiger partial charge is 0.251 e. The van der Waals surface area contributed by atoms with Gasteiger partial charge in [-0.25, -0.2) is 18.7 Å². The first kappa shape index (κ1) is 17.6. The Kier molecular flexibility index (Phi) is 4.97. The van der Waals surface area contributed by atoms with Crippen LogP contribution in [0, 0.1) is 25.5 Å². The summed E-state index contributed by atoms with van der Waals surface area (Å²) in [7, 11) is 0. The molecule has 0 bridgehead atoms. The van der Waals surface area contributed by atoms with Gasteiger partial charge in [0.05, 0.1) is 12.7 Å². The molecule has 1 N–H and O–H groups in total. The van der Waals surface area contributed by atoms with Crippen molar-refractivity contribution in [3.8, 4) is 11.1 Å². The summed E-state index contributed by atoms with van der Waals surface area (Å²) in [6, 6.07) is 6.95. The number of carbonyl (C=O) groups is 1. The first-order valence-electron chi connectivity index (χ1n) is 7.92. The maximum atomic E-state index is 13.9. The Hall–Kier alpha value is -3.22.